The molecule has 4 N–H and O–H groups in total. The zero-order chi connectivity index (χ0) is 8.15. The van der Waals surface area contributed by atoms with Crippen molar-refractivity contribution in [1.29, 1.82) is 0 Å². The van der Waals surface area contributed by atoms with Gasteiger partial charge in [-0.2, -0.15) is 0 Å². The normalized spacial score (nSPS) is 14.4. The molecule has 0 saturated heterocycles. The molecule has 56 valence electrons. The molecular weight excluding hydrogens is 150 g/mol. The summed E-state index contributed by atoms with van der Waals surface area (Å²) in [7, 11) is 0. The largest absolute Gasteiger partial charge is 0.397 e. The first-order valence-corrected chi connectivity index (χ1v) is 3.05. The number of rotatable bonds is 2. The zero-order valence-electron chi connectivity index (χ0n) is 5.76. The Kier molecular flexibility index (Phi) is 3.57. The lowest BCUT2D eigenvalue weighted by Crippen LogP contribution is -2.09. The lowest BCUT2D eigenvalue weighted by Gasteiger charge is -1.99. The van der Waals surface area contributed by atoms with Crippen molar-refractivity contribution in [3.8, 4) is 0 Å². The van der Waals surface area contributed by atoms with Crippen molar-refractivity contribution in [2.75, 3.05) is 0 Å². The second-order valence-corrected chi connectivity index (χ2v) is 1.96. The highest BCUT2D eigenvalue weighted by atomic mass is 35.5. The molecule has 0 spiro atoms. The number of halogens is 1. The summed E-state index contributed by atoms with van der Waals surface area (Å²) < 4.78 is 0. The minimum absolute atomic E-state index is 0.135. The third-order valence-electron chi connectivity index (χ3n) is 0.983. The summed E-state index contributed by atoms with van der Waals surface area (Å²) in [4.78, 5) is 3.41. The van der Waals surface area contributed by atoms with Crippen molar-refractivity contribution in [1.82, 2.24) is 0 Å². The number of nitrogens with zero attached hydrogens (tertiary/aromatic N) is 1. The van der Waals surface area contributed by atoms with Gasteiger partial charge in [-0.15, -0.1) is 0 Å². The van der Waals surface area contributed by atoms with E-state index in [1.54, 1.807) is 13.0 Å². The highest BCUT2D eigenvalue weighted by Crippen LogP contribution is 2.09. The molecule has 0 heterocycles. The third kappa shape index (κ3) is 2.11. The van der Waals surface area contributed by atoms with E-state index in [2.05, 4.69) is 11.7 Å². The van der Waals surface area contributed by atoms with Crippen molar-refractivity contribution in [2.45, 2.75) is 6.92 Å². The van der Waals surface area contributed by atoms with Crippen LogP contribution in [0.1, 0.15) is 6.92 Å². The van der Waals surface area contributed by atoms with E-state index < -0.39 is 0 Å². The molecule has 0 aromatic rings. The molecule has 4 heteroatoms. The van der Waals surface area contributed by atoms with Gasteiger partial charge in [0.25, 0.3) is 0 Å². The summed E-state index contributed by atoms with van der Waals surface area (Å²) in [5.74, 6) is 0. The summed E-state index contributed by atoms with van der Waals surface area (Å²) in [5, 5.41) is 0.135. The second kappa shape index (κ2) is 3.95. The molecule has 0 unspecified atom stereocenters. The molecule has 0 radical (unpaired) electrons. The molecule has 0 atom stereocenters. The maximum absolute atomic E-state index is 5.49. The van der Waals surface area contributed by atoms with Crippen LogP contribution in [0, 0.1) is 0 Å². The van der Waals surface area contributed by atoms with Crippen LogP contribution >= 0.6 is 11.6 Å². The lowest BCUT2D eigenvalue weighted by atomic mass is 10.3. The average molecular weight is 160 g/mol. The van der Waals surface area contributed by atoms with Gasteiger partial charge in [0, 0.05) is 0 Å². The van der Waals surface area contributed by atoms with E-state index in [1.165, 1.54) is 0 Å². The maximum atomic E-state index is 5.49. The molecule has 0 aliphatic carbocycles. The van der Waals surface area contributed by atoms with Crippen molar-refractivity contribution < 1.29 is 0 Å². The van der Waals surface area contributed by atoms with E-state index >= 15 is 0 Å². The van der Waals surface area contributed by atoms with Crippen LogP contribution in [0.5, 0.6) is 0 Å². The molecule has 3 nitrogen and oxygen atoms in total. The van der Waals surface area contributed by atoms with Crippen molar-refractivity contribution >= 4 is 18.3 Å². The zero-order valence-corrected chi connectivity index (χ0v) is 6.52. The highest BCUT2D eigenvalue weighted by molar-refractivity contribution is 6.30. The minimum atomic E-state index is 0.135. The number of hydrogen-bond acceptors (Lipinski definition) is 3. The Morgan fingerprint density at radius 2 is 2.10 bits per heavy atom. The van der Waals surface area contributed by atoms with Crippen LogP contribution in [0.25, 0.3) is 0 Å². The van der Waals surface area contributed by atoms with Gasteiger partial charge < -0.3 is 11.5 Å². The molecule has 0 aliphatic rings. The summed E-state index contributed by atoms with van der Waals surface area (Å²) in [6.45, 7) is 4.96. The standard InChI is InChI=1S/C6H10ClN3/c1-3-4(8)5(9)6(7)10-2/h3H,2,8-9H2,1H3/b4-3+,6-5+. The molecule has 0 bridgehead atoms. The molecule has 0 fully saturated rings. The van der Waals surface area contributed by atoms with Gasteiger partial charge in [0.05, 0.1) is 11.4 Å². The molecule has 0 rings (SSSR count). The van der Waals surface area contributed by atoms with Crippen LogP contribution in [0.15, 0.2) is 27.6 Å². The second-order valence-electron chi connectivity index (χ2n) is 1.61. The van der Waals surface area contributed by atoms with E-state index in [0.717, 1.165) is 0 Å². The van der Waals surface area contributed by atoms with Gasteiger partial charge in [-0.05, 0) is 13.6 Å². The van der Waals surface area contributed by atoms with Crippen LogP contribution in [0.2, 0.25) is 0 Å². The fourth-order valence-corrected chi connectivity index (χ4v) is 0.469. The van der Waals surface area contributed by atoms with Crippen LogP contribution in [-0.2, 0) is 0 Å². The fraction of sp³-hybridized carbons (Fsp3) is 0.167. The maximum Gasteiger partial charge on any atom is 0.153 e. The van der Waals surface area contributed by atoms with Gasteiger partial charge in [-0.25, -0.2) is 0 Å². The molecule has 0 saturated carbocycles. The van der Waals surface area contributed by atoms with Gasteiger partial charge in [0.2, 0.25) is 0 Å². The average Bonchev–Trinajstić information content (AvgIpc) is 2.00. The molecule has 10 heavy (non-hydrogen) atoms. The molecular formula is C6H10ClN3. The van der Waals surface area contributed by atoms with Gasteiger partial charge in [-0.3, -0.25) is 4.99 Å². The predicted octanol–water partition coefficient (Wildman–Crippen LogP) is 0.916. The number of nitrogens with two attached hydrogens (primary N) is 2. The SMILES string of the molecule is C=N/C(Cl)=C(N)\C(N)=C/C. The summed E-state index contributed by atoms with van der Waals surface area (Å²) in [6, 6.07) is 0. The Hall–Kier alpha value is -0.960. The van der Waals surface area contributed by atoms with Gasteiger partial charge in [0.1, 0.15) is 0 Å². The summed E-state index contributed by atoms with van der Waals surface area (Å²) >= 11 is 5.49. The molecule has 0 amide bonds. The topological polar surface area (TPSA) is 64.4 Å². The Bertz CT molecular complexity index is 193. The first-order chi connectivity index (χ1) is 4.63. The number of aliphatic imine (C=N–C) groups is 1. The Labute approximate surface area is 65.1 Å². The van der Waals surface area contributed by atoms with Crippen molar-refractivity contribution in [3.63, 3.8) is 0 Å². The quantitative estimate of drug-likeness (QED) is 0.358. The number of hydrogen-bond donors (Lipinski definition) is 2. The van der Waals surface area contributed by atoms with Gasteiger partial charge in [-0.1, -0.05) is 17.7 Å². The predicted molar refractivity (Wildman–Crippen MR) is 44.6 cm³/mol. The monoisotopic (exact) mass is 159 g/mol. The van der Waals surface area contributed by atoms with Crippen LogP contribution in [-0.4, -0.2) is 6.72 Å². The highest BCUT2D eigenvalue weighted by Gasteiger charge is 1.98. The molecule has 0 aliphatic heterocycles. The van der Waals surface area contributed by atoms with Gasteiger partial charge in [0.15, 0.2) is 5.16 Å². The smallest absolute Gasteiger partial charge is 0.153 e. The van der Waals surface area contributed by atoms with Crippen LogP contribution in [0.4, 0.5) is 0 Å². The minimum Gasteiger partial charge on any atom is -0.397 e. The van der Waals surface area contributed by atoms with Crippen LogP contribution < -0.4 is 11.5 Å². The molecule has 0 aromatic heterocycles. The first-order valence-electron chi connectivity index (χ1n) is 2.67. The lowest BCUT2D eigenvalue weighted by molar-refractivity contribution is 1.20. The van der Waals surface area contributed by atoms with E-state index in [-0.39, 0.29) is 10.9 Å². The number of allylic oxidation sites excluding steroid dienone is 1. The fourth-order valence-electron chi connectivity index (χ4n) is 0.360. The molecule has 0 aromatic carbocycles. The summed E-state index contributed by atoms with van der Waals surface area (Å²) in [6.07, 6.45) is 1.64. The van der Waals surface area contributed by atoms with E-state index in [9.17, 15) is 0 Å². The van der Waals surface area contributed by atoms with Crippen molar-refractivity contribution in [2.24, 2.45) is 16.5 Å². The third-order valence-corrected chi connectivity index (χ3v) is 1.31. The first kappa shape index (κ1) is 9.04. The Balaban J connectivity index is 4.63. The summed E-state index contributed by atoms with van der Waals surface area (Å²) in [5.41, 5.74) is 11.5. The van der Waals surface area contributed by atoms with Gasteiger partial charge >= 0.3 is 0 Å². The van der Waals surface area contributed by atoms with E-state index in [0.29, 0.717) is 5.70 Å². The Morgan fingerprint density at radius 1 is 1.60 bits per heavy atom. The van der Waals surface area contributed by atoms with E-state index in [4.69, 9.17) is 23.1 Å². The van der Waals surface area contributed by atoms with Crippen LogP contribution in [0.3, 0.4) is 0 Å². The van der Waals surface area contributed by atoms with E-state index in [1.807, 2.05) is 0 Å². The van der Waals surface area contributed by atoms with Crippen molar-refractivity contribution in [3.05, 3.63) is 22.6 Å². The Morgan fingerprint density at radius 3 is 2.40 bits per heavy atom.